The molecule has 0 bridgehead atoms. The standard InChI is InChI=1S/C19H14ClNO2/c1-12(14-4-3-5-15(10-14)19(22)23-2)17-9-7-13-6-8-16(20)11-18(13)21-17/h3-11H,1H2,2H3. The lowest BCUT2D eigenvalue weighted by Crippen LogP contribution is -2.01. The zero-order valence-corrected chi connectivity index (χ0v) is 13.3. The highest BCUT2D eigenvalue weighted by Gasteiger charge is 2.10. The summed E-state index contributed by atoms with van der Waals surface area (Å²) in [6.45, 7) is 4.10. The molecule has 0 aliphatic carbocycles. The second-order valence-electron chi connectivity index (χ2n) is 5.08. The van der Waals surface area contributed by atoms with Crippen LogP contribution in [0.5, 0.6) is 0 Å². The van der Waals surface area contributed by atoms with Crippen LogP contribution in [0.2, 0.25) is 5.02 Å². The maximum Gasteiger partial charge on any atom is 0.337 e. The Labute approximate surface area is 139 Å². The van der Waals surface area contributed by atoms with Gasteiger partial charge in [0, 0.05) is 16.0 Å². The van der Waals surface area contributed by atoms with Crippen molar-refractivity contribution in [3.05, 3.63) is 83.0 Å². The second-order valence-corrected chi connectivity index (χ2v) is 5.52. The first kappa shape index (κ1) is 15.3. The highest BCUT2D eigenvalue weighted by Crippen LogP contribution is 2.24. The Bertz CT molecular complexity index is 918. The zero-order valence-electron chi connectivity index (χ0n) is 12.5. The number of rotatable bonds is 3. The van der Waals surface area contributed by atoms with Crippen LogP contribution in [-0.2, 0) is 4.74 Å². The largest absolute Gasteiger partial charge is 0.465 e. The molecule has 1 heterocycles. The van der Waals surface area contributed by atoms with Crippen LogP contribution in [0.1, 0.15) is 21.6 Å². The van der Waals surface area contributed by atoms with E-state index < -0.39 is 0 Å². The van der Waals surface area contributed by atoms with Crippen LogP contribution < -0.4 is 0 Å². The number of benzene rings is 2. The van der Waals surface area contributed by atoms with Crippen molar-refractivity contribution in [2.45, 2.75) is 0 Å². The van der Waals surface area contributed by atoms with E-state index in [-0.39, 0.29) is 5.97 Å². The van der Waals surface area contributed by atoms with Gasteiger partial charge in [-0.15, -0.1) is 0 Å². The van der Waals surface area contributed by atoms with Crippen molar-refractivity contribution in [1.82, 2.24) is 4.98 Å². The zero-order chi connectivity index (χ0) is 16.4. The molecule has 2 aromatic carbocycles. The summed E-state index contributed by atoms with van der Waals surface area (Å²) in [5.41, 5.74) is 3.58. The number of ether oxygens (including phenoxy) is 1. The number of carbonyl (C=O) groups excluding carboxylic acids is 1. The Morgan fingerprint density at radius 2 is 1.83 bits per heavy atom. The lowest BCUT2D eigenvalue weighted by Gasteiger charge is -2.08. The van der Waals surface area contributed by atoms with E-state index in [2.05, 4.69) is 11.6 Å². The first-order chi connectivity index (χ1) is 11.1. The molecular weight excluding hydrogens is 310 g/mol. The summed E-state index contributed by atoms with van der Waals surface area (Å²) >= 11 is 6.03. The third-order valence-electron chi connectivity index (χ3n) is 3.60. The fraction of sp³-hybridized carbons (Fsp3) is 0.0526. The first-order valence-corrected chi connectivity index (χ1v) is 7.40. The maximum atomic E-state index is 11.7. The van der Waals surface area contributed by atoms with E-state index >= 15 is 0 Å². The second kappa shape index (κ2) is 6.23. The molecule has 0 spiro atoms. The van der Waals surface area contributed by atoms with Crippen LogP contribution in [0, 0.1) is 0 Å². The molecule has 1 aromatic heterocycles. The molecule has 3 aromatic rings. The van der Waals surface area contributed by atoms with Gasteiger partial charge in [-0.25, -0.2) is 9.78 Å². The van der Waals surface area contributed by atoms with Crippen LogP contribution in [0.3, 0.4) is 0 Å². The lowest BCUT2D eigenvalue weighted by molar-refractivity contribution is 0.0600. The van der Waals surface area contributed by atoms with E-state index in [9.17, 15) is 4.79 Å². The van der Waals surface area contributed by atoms with Crippen LogP contribution >= 0.6 is 11.6 Å². The Balaban J connectivity index is 2.01. The number of halogens is 1. The molecular formula is C19H14ClNO2. The van der Waals surface area contributed by atoms with E-state index in [1.807, 2.05) is 36.4 Å². The summed E-state index contributed by atoms with van der Waals surface area (Å²) in [6.07, 6.45) is 0. The van der Waals surface area contributed by atoms with Crippen molar-refractivity contribution in [1.29, 1.82) is 0 Å². The fourth-order valence-electron chi connectivity index (χ4n) is 2.36. The summed E-state index contributed by atoms with van der Waals surface area (Å²) in [5.74, 6) is -0.377. The number of hydrogen-bond donors (Lipinski definition) is 0. The van der Waals surface area contributed by atoms with E-state index in [0.29, 0.717) is 10.6 Å². The highest BCUT2D eigenvalue weighted by atomic mass is 35.5. The average molecular weight is 324 g/mol. The minimum absolute atomic E-state index is 0.377. The number of pyridine rings is 1. The predicted octanol–water partition coefficient (Wildman–Crippen LogP) is 4.74. The lowest BCUT2D eigenvalue weighted by atomic mass is 10.0. The number of aromatic nitrogens is 1. The smallest absolute Gasteiger partial charge is 0.337 e. The monoisotopic (exact) mass is 323 g/mol. The molecule has 0 amide bonds. The third kappa shape index (κ3) is 3.10. The fourth-order valence-corrected chi connectivity index (χ4v) is 2.52. The molecule has 0 unspecified atom stereocenters. The van der Waals surface area contributed by atoms with Crippen molar-refractivity contribution in [2.75, 3.05) is 7.11 Å². The molecule has 0 saturated carbocycles. The summed E-state index contributed by atoms with van der Waals surface area (Å²) in [5, 5.41) is 1.65. The van der Waals surface area contributed by atoms with Gasteiger partial charge in [0.05, 0.1) is 23.9 Å². The molecule has 3 nitrogen and oxygen atoms in total. The molecule has 4 heteroatoms. The molecule has 0 atom stereocenters. The van der Waals surface area contributed by atoms with Crippen LogP contribution in [0.25, 0.3) is 16.5 Å². The Morgan fingerprint density at radius 3 is 2.61 bits per heavy atom. The van der Waals surface area contributed by atoms with Crippen molar-refractivity contribution in [3.8, 4) is 0 Å². The van der Waals surface area contributed by atoms with Crippen LogP contribution in [-0.4, -0.2) is 18.1 Å². The van der Waals surface area contributed by atoms with Gasteiger partial charge >= 0.3 is 5.97 Å². The Morgan fingerprint density at radius 1 is 1.09 bits per heavy atom. The molecule has 3 rings (SSSR count). The van der Waals surface area contributed by atoms with Gasteiger partial charge < -0.3 is 4.74 Å². The van der Waals surface area contributed by atoms with Crippen molar-refractivity contribution >= 4 is 34.0 Å². The normalized spacial score (nSPS) is 10.5. The molecule has 0 radical (unpaired) electrons. The third-order valence-corrected chi connectivity index (χ3v) is 3.83. The summed E-state index contributed by atoms with van der Waals surface area (Å²) in [7, 11) is 1.36. The van der Waals surface area contributed by atoms with Crippen molar-refractivity contribution in [2.24, 2.45) is 0 Å². The minimum atomic E-state index is -0.377. The molecule has 0 N–H and O–H groups in total. The first-order valence-electron chi connectivity index (χ1n) is 7.03. The average Bonchev–Trinajstić information content (AvgIpc) is 2.59. The summed E-state index contributed by atoms with van der Waals surface area (Å²) in [4.78, 5) is 16.3. The van der Waals surface area contributed by atoms with Gasteiger partial charge in [0.2, 0.25) is 0 Å². The number of methoxy groups -OCH3 is 1. The quantitative estimate of drug-likeness (QED) is 0.654. The summed E-state index contributed by atoms with van der Waals surface area (Å²) in [6, 6.07) is 16.6. The van der Waals surface area contributed by atoms with Gasteiger partial charge in [0.15, 0.2) is 0 Å². The number of fused-ring (bicyclic) bond motifs is 1. The molecule has 23 heavy (non-hydrogen) atoms. The highest BCUT2D eigenvalue weighted by molar-refractivity contribution is 6.31. The molecule has 0 aliphatic rings. The van der Waals surface area contributed by atoms with E-state index in [0.717, 1.165) is 27.7 Å². The van der Waals surface area contributed by atoms with Crippen molar-refractivity contribution < 1.29 is 9.53 Å². The molecule has 114 valence electrons. The maximum absolute atomic E-state index is 11.7. The van der Waals surface area contributed by atoms with Crippen LogP contribution in [0.4, 0.5) is 0 Å². The molecule has 0 aliphatic heterocycles. The number of nitrogens with zero attached hydrogens (tertiary/aromatic N) is 1. The van der Waals surface area contributed by atoms with Gasteiger partial charge in [-0.05, 0) is 35.9 Å². The minimum Gasteiger partial charge on any atom is -0.465 e. The van der Waals surface area contributed by atoms with Gasteiger partial charge in [0.1, 0.15) is 0 Å². The SMILES string of the molecule is C=C(c1cccc(C(=O)OC)c1)c1ccc2ccc(Cl)cc2n1. The Kier molecular flexibility index (Phi) is 4.13. The van der Waals surface area contributed by atoms with E-state index in [4.69, 9.17) is 16.3 Å². The van der Waals surface area contributed by atoms with Gasteiger partial charge in [-0.3, -0.25) is 0 Å². The topological polar surface area (TPSA) is 39.2 Å². The van der Waals surface area contributed by atoms with Gasteiger partial charge in [0.25, 0.3) is 0 Å². The number of hydrogen-bond acceptors (Lipinski definition) is 3. The Hall–Kier alpha value is -2.65. The van der Waals surface area contributed by atoms with E-state index in [1.54, 1.807) is 18.2 Å². The predicted molar refractivity (Wildman–Crippen MR) is 92.7 cm³/mol. The van der Waals surface area contributed by atoms with Gasteiger partial charge in [-0.2, -0.15) is 0 Å². The number of carbonyl (C=O) groups is 1. The van der Waals surface area contributed by atoms with Gasteiger partial charge in [-0.1, -0.05) is 42.4 Å². The number of esters is 1. The van der Waals surface area contributed by atoms with Crippen molar-refractivity contribution in [3.63, 3.8) is 0 Å². The summed E-state index contributed by atoms with van der Waals surface area (Å²) < 4.78 is 4.75. The van der Waals surface area contributed by atoms with Crippen LogP contribution in [0.15, 0.2) is 61.2 Å². The van der Waals surface area contributed by atoms with E-state index in [1.165, 1.54) is 7.11 Å². The molecule has 0 fully saturated rings. The molecule has 0 saturated heterocycles.